The van der Waals surface area contributed by atoms with Gasteiger partial charge in [0.15, 0.2) is 0 Å². The molecule has 0 spiro atoms. The summed E-state index contributed by atoms with van der Waals surface area (Å²) in [5.74, 6) is 0. The second kappa shape index (κ2) is 2.48. The maximum atomic E-state index is 10.9. The lowest BCUT2D eigenvalue weighted by atomic mass is 10.6. The third-order valence-corrected chi connectivity index (χ3v) is 3.13. The Labute approximate surface area is 61.0 Å². The van der Waals surface area contributed by atoms with Crippen molar-refractivity contribution >= 4 is 15.5 Å². The van der Waals surface area contributed by atoms with Crippen LogP contribution in [0.3, 0.4) is 0 Å². The normalized spacial score (nSPS) is 22.6. The molecule has 10 heavy (non-hydrogen) atoms. The molecule has 0 unspecified atom stereocenters. The topological polar surface area (TPSA) is 52.3 Å². The summed E-state index contributed by atoms with van der Waals surface area (Å²) in [7, 11) is -0.518. The molecule has 4 heteroatoms. The molecule has 56 valence electrons. The van der Waals surface area contributed by atoms with E-state index in [-0.39, 0.29) is 5.30 Å². The molecule has 1 heterocycles. The molecule has 0 aromatic heterocycles. The van der Waals surface area contributed by atoms with Gasteiger partial charge in [-0.05, 0) is 10.8 Å². The molecule has 0 radical (unpaired) electrons. The van der Waals surface area contributed by atoms with Gasteiger partial charge in [0.1, 0.15) is 0 Å². The van der Waals surface area contributed by atoms with Crippen molar-refractivity contribution in [3.05, 3.63) is 23.0 Å². The predicted molar refractivity (Wildman–Crippen MR) is 42.5 cm³/mol. The van der Waals surface area contributed by atoms with Gasteiger partial charge in [0, 0.05) is 0 Å². The van der Waals surface area contributed by atoms with Crippen molar-refractivity contribution in [2.24, 2.45) is 5.14 Å². The van der Waals surface area contributed by atoms with Crippen molar-refractivity contribution in [3.63, 3.8) is 0 Å². The molecule has 0 saturated heterocycles. The number of allylic oxidation sites excluding steroid dienone is 2. The van der Waals surface area contributed by atoms with Crippen LogP contribution in [-0.2, 0) is 4.74 Å². The molecular formula is C6H9NO2S. The average molecular weight is 159 g/mol. The molecule has 0 aliphatic carbocycles. The second-order valence-electron chi connectivity index (χ2n) is 1.87. The lowest BCUT2D eigenvalue weighted by Crippen LogP contribution is -2.14. The van der Waals surface area contributed by atoms with Crippen LogP contribution in [0, 0.1) is 0 Å². The van der Waals surface area contributed by atoms with Crippen LogP contribution in [0.2, 0.25) is 0 Å². The highest BCUT2D eigenvalue weighted by atomic mass is 32.3. The van der Waals surface area contributed by atoms with Crippen molar-refractivity contribution in [2.75, 3.05) is 7.11 Å². The first kappa shape index (κ1) is 7.37. The average Bonchev–Trinajstić information content (AvgIpc) is 2.36. The molecule has 1 aliphatic heterocycles. The molecule has 1 rings (SSSR count). The molecular weight excluding hydrogens is 150 g/mol. The third-order valence-electron chi connectivity index (χ3n) is 1.17. The number of carbonyl (C=O) groups is 1. The van der Waals surface area contributed by atoms with E-state index in [0.717, 1.165) is 0 Å². The van der Waals surface area contributed by atoms with Crippen LogP contribution in [0.5, 0.6) is 0 Å². The highest BCUT2D eigenvalue weighted by Crippen LogP contribution is 2.47. The summed E-state index contributed by atoms with van der Waals surface area (Å²) < 4.78 is 4.51. The van der Waals surface area contributed by atoms with Gasteiger partial charge in [-0.15, -0.1) is 0 Å². The van der Waals surface area contributed by atoms with Gasteiger partial charge in [0.05, 0.1) is 7.11 Å². The summed E-state index contributed by atoms with van der Waals surface area (Å²) in [6.45, 7) is 0. The second-order valence-corrected chi connectivity index (χ2v) is 4.27. The molecule has 0 fully saturated rings. The highest BCUT2D eigenvalue weighted by molar-refractivity contribution is 8.47. The molecule has 3 nitrogen and oxygen atoms in total. The van der Waals surface area contributed by atoms with E-state index in [9.17, 15) is 4.79 Å². The van der Waals surface area contributed by atoms with Gasteiger partial charge >= 0.3 is 5.30 Å². The van der Waals surface area contributed by atoms with Crippen LogP contribution in [0.15, 0.2) is 23.0 Å². The molecule has 0 aromatic carbocycles. The SMILES string of the molecule is COC(=O)S1(N)C=CC=C1. The summed E-state index contributed by atoms with van der Waals surface area (Å²) in [4.78, 5) is 10.9. The molecule has 0 amide bonds. The van der Waals surface area contributed by atoms with Crippen LogP contribution in [0.1, 0.15) is 0 Å². The van der Waals surface area contributed by atoms with E-state index >= 15 is 0 Å². The van der Waals surface area contributed by atoms with E-state index < -0.39 is 10.2 Å². The molecule has 0 bridgehead atoms. The summed E-state index contributed by atoms with van der Waals surface area (Å²) in [6, 6.07) is 0. The quantitative estimate of drug-likeness (QED) is 0.544. The molecule has 0 aromatic rings. The van der Waals surface area contributed by atoms with Crippen LogP contribution in [-0.4, -0.2) is 12.4 Å². The number of methoxy groups -OCH3 is 1. The van der Waals surface area contributed by atoms with E-state index in [1.807, 2.05) is 0 Å². The summed E-state index contributed by atoms with van der Waals surface area (Å²) in [5, 5.41) is 8.66. The van der Waals surface area contributed by atoms with Crippen molar-refractivity contribution in [2.45, 2.75) is 0 Å². The number of nitrogens with two attached hydrogens (primary N) is 1. The van der Waals surface area contributed by atoms with Crippen molar-refractivity contribution in [1.29, 1.82) is 0 Å². The van der Waals surface area contributed by atoms with E-state index in [0.29, 0.717) is 0 Å². The zero-order valence-corrected chi connectivity index (χ0v) is 6.43. The van der Waals surface area contributed by atoms with E-state index in [2.05, 4.69) is 4.74 Å². The fraction of sp³-hybridized carbons (Fsp3) is 0.167. The Morgan fingerprint density at radius 2 is 2.00 bits per heavy atom. The van der Waals surface area contributed by atoms with Crippen LogP contribution in [0.25, 0.3) is 0 Å². The highest BCUT2D eigenvalue weighted by Gasteiger charge is 2.24. The summed E-state index contributed by atoms with van der Waals surface area (Å²) in [5.41, 5.74) is 0. The molecule has 0 atom stereocenters. The largest absolute Gasteiger partial charge is 0.461 e. The smallest absolute Gasteiger partial charge is 0.368 e. The molecule has 0 saturated carbocycles. The van der Waals surface area contributed by atoms with E-state index in [1.165, 1.54) is 7.11 Å². The van der Waals surface area contributed by atoms with Gasteiger partial charge in [0.2, 0.25) is 0 Å². The van der Waals surface area contributed by atoms with Gasteiger partial charge < -0.3 is 4.74 Å². The predicted octanol–water partition coefficient (Wildman–Crippen LogP) is 1.47. The first-order valence-electron chi connectivity index (χ1n) is 2.73. The summed E-state index contributed by atoms with van der Waals surface area (Å²) in [6.07, 6.45) is 3.51. The zero-order valence-electron chi connectivity index (χ0n) is 5.61. The first-order valence-corrected chi connectivity index (χ1v) is 4.55. The zero-order chi connectivity index (χ0) is 7.61. The number of rotatable bonds is 0. The number of hydrogen-bond donors (Lipinski definition) is 1. The molecule has 2 N–H and O–H groups in total. The van der Waals surface area contributed by atoms with E-state index in [1.54, 1.807) is 23.0 Å². The number of carbonyl (C=O) groups excluding carboxylic acids is 1. The Morgan fingerprint density at radius 3 is 2.40 bits per heavy atom. The van der Waals surface area contributed by atoms with Crippen LogP contribution >= 0.6 is 10.2 Å². The molecule has 1 aliphatic rings. The summed E-state index contributed by atoms with van der Waals surface area (Å²) >= 11 is 0. The fourth-order valence-corrected chi connectivity index (χ4v) is 1.95. The van der Waals surface area contributed by atoms with Crippen molar-refractivity contribution in [1.82, 2.24) is 0 Å². The minimum absolute atomic E-state index is 0.350. The lowest BCUT2D eigenvalue weighted by Gasteiger charge is -2.20. The van der Waals surface area contributed by atoms with E-state index in [4.69, 9.17) is 5.14 Å². The lowest BCUT2D eigenvalue weighted by molar-refractivity contribution is 0.199. The fourth-order valence-electron chi connectivity index (χ4n) is 0.652. The monoisotopic (exact) mass is 159 g/mol. The van der Waals surface area contributed by atoms with Crippen molar-refractivity contribution < 1.29 is 9.53 Å². The van der Waals surface area contributed by atoms with Crippen molar-refractivity contribution in [3.8, 4) is 0 Å². The Morgan fingerprint density at radius 1 is 1.50 bits per heavy atom. The number of hydrogen-bond acceptors (Lipinski definition) is 3. The first-order chi connectivity index (χ1) is 4.69. The Balaban J connectivity index is 2.79. The minimum Gasteiger partial charge on any atom is -0.461 e. The third kappa shape index (κ3) is 1.08. The maximum absolute atomic E-state index is 10.9. The van der Waals surface area contributed by atoms with Gasteiger partial charge in [-0.2, -0.15) is 0 Å². The standard InChI is InChI=1S/C6H9NO2S/c1-9-6(8)10(7)4-2-3-5-10/h2-5H,7H2,1H3. The number of ether oxygens (including phenoxy) is 1. The Kier molecular flexibility index (Phi) is 1.82. The minimum atomic E-state index is -1.85. The van der Waals surface area contributed by atoms with Crippen LogP contribution < -0.4 is 5.14 Å². The maximum Gasteiger partial charge on any atom is 0.368 e. The Bertz CT molecular complexity index is 198. The van der Waals surface area contributed by atoms with Gasteiger partial charge in [-0.3, -0.25) is 5.14 Å². The van der Waals surface area contributed by atoms with Gasteiger partial charge in [-0.1, -0.05) is 22.4 Å². The Hall–Kier alpha value is -0.740. The van der Waals surface area contributed by atoms with Gasteiger partial charge in [0.25, 0.3) is 0 Å². The van der Waals surface area contributed by atoms with Gasteiger partial charge in [-0.25, -0.2) is 4.79 Å². The van der Waals surface area contributed by atoms with Crippen LogP contribution in [0.4, 0.5) is 4.79 Å².